The topological polar surface area (TPSA) is 88.9 Å². The SMILES string of the molecule is O=C(O)c1cccc(OCCOCCO)n1. The molecule has 0 radical (unpaired) electrons. The number of nitrogens with zero attached hydrogens (tertiary/aromatic N) is 1. The van der Waals surface area contributed by atoms with Crippen LogP contribution in [-0.2, 0) is 4.74 Å². The number of pyridine rings is 1. The van der Waals surface area contributed by atoms with Gasteiger partial charge in [-0.05, 0) is 6.07 Å². The van der Waals surface area contributed by atoms with Crippen LogP contribution in [0.1, 0.15) is 10.5 Å². The zero-order valence-corrected chi connectivity index (χ0v) is 8.63. The fourth-order valence-electron chi connectivity index (χ4n) is 0.986. The lowest BCUT2D eigenvalue weighted by atomic mass is 10.3. The van der Waals surface area contributed by atoms with E-state index in [0.29, 0.717) is 6.61 Å². The zero-order valence-electron chi connectivity index (χ0n) is 8.63. The number of hydrogen-bond donors (Lipinski definition) is 2. The summed E-state index contributed by atoms with van der Waals surface area (Å²) in [6, 6.07) is 4.51. The second kappa shape index (κ2) is 6.76. The van der Waals surface area contributed by atoms with Gasteiger partial charge in [0.05, 0.1) is 19.8 Å². The summed E-state index contributed by atoms with van der Waals surface area (Å²) in [7, 11) is 0. The highest BCUT2D eigenvalue weighted by Gasteiger charge is 2.05. The van der Waals surface area contributed by atoms with Crippen LogP contribution in [0.3, 0.4) is 0 Å². The van der Waals surface area contributed by atoms with E-state index < -0.39 is 5.97 Å². The Balaban J connectivity index is 2.36. The Hall–Kier alpha value is -1.66. The average Bonchev–Trinajstić information content (AvgIpc) is 2.29. The van der Waals surface area contributed by atoms with E-state index in [1.54, 1.807) is 12.1 Å². The summed E-state index contributed by atoms with van der Waals surface area (Å²) in [5.74, 6) is -0.852. The maximum atomic E-state index is 10.6. The number of aliphatic hydroxyl groups is 1. The number of aromatic nitrogens is 1. The second-order valence-electron chi connectivity index (χ2n) is 2.85. The average molecular weight is 227 g/mol. The molecule has 0 unspecified atom stereocenters. The first-order valence-corrected chi connectivity index (χ1v) is 4.76. The van der Waals surface area contributed by atoms with Crippen molar-refractivity contribution in [2.75, 3.05) is 26.4 Å². The summed E-state index contributed by atoms with van der Waals surface area (Å²) in [6.07, 6.45) is 0. The Morgan fingerprint density at radius 2 is 2.12 bits per heavy atom. The summed E-state index contributed by atoms with van der Waals surface area (Å²) in [4.78, 5) is 14.4. The van der Waals surface area contributed by atoms with Gasteiger partial charge in [-0.2, -0.15) is 0 Å². The van der Waals surface area contributed by atoms with Crippen LogP contribution in [0.25, 0.3) is 0 Å². The van der Waals surface area contributed by atoms with E-state index >= 15 is 0 Å². The fraction of sp³-hybridized carbons (Fsp3) is 0.400. The maximum Gasteiger partial charge on any atom is 0.354 e. The van der Waals surface area contributed by atoms with Gasteiger partial charge in [-0.15, -0.1) is 0 Å². The number of aromatic carboxylic acids is 1. The molecule has 1 heterocycles. The predicted molar refractivity (Wildman–Crippen MR) is 54.6 cm³/mol. The van der Waals surface area contributed by atoms with E-state index in [2.05, 4.69) is 4.98 Å². The first-order chi connectivity index (χ1) is 7.74. The minimum Gasteiger partial charge on any atom is -0.477 e. The molecule has 1 aromatic heterocycles. The largest absolute Gasteiger partial charge is 0.477 e. The van der Waals surface area contributed by atoms with Crippen LogP contribution in [0.4, 0.5) is 0 Å². The van der Waals surface area contributed by atoms with Gasteiger partial charge in [0.25, 0.3) is 0 Å². The lowest BCUT2D eigenvalue weighted by Crippen LogP contribution is -2.10. The third kappa shape index (κ3) is 4.24. The van der Waals surface area contributed by atoms with Crippen LogP contribution in [-0.4, -0.2) is 47.6 Å². The van der Waals surface area contributed by atoms with Gasteiger partial charge in [0.2, 0.25) is 5.88 Å². The van der Waals surface area contributed by atoms with Gasteiger partial charge in [-0.3, -0.25) is 0 Å². The van der Waals surface area contributed by atoms with Crippen molar-refractivity contribution >= 4 is 5.97 Å². The Morgan fingerprint density at radius 3 is 2.81 bits per heavy atom. The highest BCUT2D eigenvalue weighted by atomic mass is 16.5. The molecule has 0 fully saturated rings. The number of carboxylic acids is 1. The molecule has 0 aliphatic rings. The smallest absolute Gasteiger partial charge is 0.354 e. The summed E-state index contributed by atoms with van der Waals surface area (Å²) < 4.78 is 10.1. The summed E-state index contributed by atoms with van der Waals surface area (Å²) in [5, 5.41) is 17.1. The monoisotopic (exact) mass is 227 g/mol. The molecule has 6 nitrogen and oxygen atoms in total. The van der Waals surface area contributed by atoms with Gasteiger partial charge in [0.1, 0.15) is 6.61 Å². The van der Waals surface area contributed by atoms with Gasteiger partial charge in [0.15, 0.2) is 5.69 Å². The third-order valence-corrected chi connectivity index (χ3v) is 1.66. The van der Waals surface area contributed by atoms with Crippen LogP contribution < -0.4 is 4.74 Å². The van der Waals surface area contributed by atoms with Crippen molar-refractivity contribution in [3.8, 4) is 5.88 Å². The molecule has 0 aliphatic carbocycles. The second-order valence-corrected chi connectivity index (χ2v) is 2.85. The van der Waals surface area contributed by atoms with Crippen molar-refractivity contribution in [3.63, 3.8) is 0 Å². The first-order valence-electron chi connectivity index (χ1n) is 4.76. The standard InChI is InChI=1S/C10H13NO5/c12-4-5-15-6-7-16-9-3-1-2-8(11-9)10(13)14/h1-3,12H,4-7H2,(H,13,14). The molecule has 0 atom stereocenters. The van der Waals surface area contributed by atoms with Gasteiger partial charge in [-0.25, -0.2) is 9.78 Å². The van der Waals surface area contributed by atoms with Gasteiger partial charge < -0.3 is 19.7 Å². The number of carbonyl (C=O) groups is 1. The molecule has 2 N–H and O–H groups in total. The molecule has 1 aromatic rings. The summed E-state index contributed by atoms with van der Waals surface area (Å²) in [5.41, 5.74) is -0.0613. The van der Waals surface area contributed by atoms with Gasteiger partial charge in [0, 0.05) is 6.07 Å². The highest BCUT2D eigenvalue weighted by Crippen LogP contribution is 2.07. The first kappa shape index (κ1) is 12.4. The van der Waals surface area contributed by atoms with E-state index in [0.717, 1.165) is 0 Å². The zero-order chi connectivity index (χ0) is 11.8. The Labute approximate surface area is 92.5 Å². The van der Waals surface area contributed by atoms with Crippen LogP contribution in [0, 0.1) is 0 Å². The minimum atomic E-state index is -1.10. The fourth-order valence-corrected chi connectivity index (χ4v) is 0.986. The number of carboxylic acid groups (broad SMARTS) is 1. The Bertz CT molecular complexity index is 342. The van der Waals surface area contributed by atoms with Gasteiger partial charge >= 0.3 is 5.97 Å². The number of ether oxygens (including phenoxy) is 2. The molecule has 0 amide bonds. The molecule has 0 spiro atoms. The van der Waals surface area contributed by atoms with Crippen molar-refractivity contribution in [2.45, 2.75) is 0 Å². The molecule has 0 saturated heterocycles. The van der Waals surface area contributed by atoms with E-state index in [1.807, 2.05) is 0 Å². The Morgan fingerprint density at radius 1 is 1.31 bits per heavy atom. The van der Waals surface area contributed by atoms with Crippen molar-refractivity contribution in [3.05, 3.63) is 23.9 Å². The number of hydrogen-bond acceptors (Lipinski definition) is 5. The third-order valence-electron chi connectivity index (χ3n) is 1.66. The lowest BCUT2D eigenvalue weighted by Gasteiger charge is -2.05. The minimum absolute atomic E-state index is 0.0350. The van der Waals surface area contributed by atoms with Crippen LogP contribution >= 0.6 is 0 Å². The number of aliphatic hydroxyl groups excluding tert-OH is 1. The molecule has 88 valence electrons. The van der Waals surface area contributed by atoms with Crippen molar-refractivity contribution in [2.24, 2.45) is 0 Å². The quantitative estimate of drug-likeness (QED) is 0.645. The van der Waals surface area contributed by atoms with E-state index in [9.17, 15) is 4.79 Å². The van der Waals surface area contributed by atoms with E-state index in [-0.39, 0.29) is 31.4 Å². The van der Waals surface area contributed by atoms with Crippen molar-refractivity contribution < 1.29 is 24.5 Å². The maximum absolute atomic E-state index is 10.6. The van der Waals surface area contributed by atoms with E-state index in [4.69, 9.17) is 19.7 Å². The Kier molecular flexibility index (Phi) is 5.24. The molecule has 0 aromatic carbocycles. The van der Waals surface area contributed by atoms with E-state index in [1.165, 1.54) is 6.07 Å². The predicted octanol–water partition coefficient (Wildman–Crippen LogP) is 0.168. The molecule has 0 bridgehead atoms. The van der Waals surface area contributed by atoms with Crippen molar-refractivity contribution in [1.29, 1.82) is 0 Å². The normalized spacial score (nSPS) is 10.1. The van der Waals surface area contributed by atoms with Gasteiger partial charge in [-0.1, -0.05) is 6.07 Å². The van der Waals surface area contributed by atoms with Crippen LogP contribution in [0.15, 0.2) is 18.2 Å². The summed E-state index contributed by atoms with van der Waals surface area (Å²) >= 11 is 0. The molecule has 0 saturated carbocycles. The molecule has 1 rings (SSSR count). The van der Waals surface area contributed by atoms with Crippen LogP contribution in [0.5, 0.6) is 5.88 Å². The number of rotatable bonds is 7. The van der Waals surface area contributed by atoms with Crippen LogP contribution in [0.2, 0.25) is 0 Å². The molecule has 16 heavy (non-hydrogen) atoms. The highest BCUT2D eigenvalue weighted by molar-refractivity contribution is 5.85. The summed E-state index contributed by atoms with van der Waals surface area (Å²) in [6.45, 7) is 0.800. The molecular formula is C10H13NO5. The van der Waals surface area contributed by atoms with Crippen molar-refractivity contribution in [1.82, 2.24) is 4.98 Å². The lowest BCUT2D eigenvalue weighted by molar-refractivity contribution is 0.0670. The molecule has 0 aliphatic heterocycles. The molecule has 6 heteroatoms. The molecular weight excluding hydrogens is 214 g/mol.